The maximum atomic E-state index is 11.7. The molecule has 1 aromatic carbocycles. The van der Waals surface area contributed by atoms with Gasteiger partial charge in [-0.25, -0.2) is 0 Å². The molecule has 0 saturated carbocycles. The summed E-state index contributed by atoms with van der Waals surface area (Å²) in [7, 11) is 0. The second-order valence-corrected chi connectivity index (χ2v) is 4.09. The minimum atomic E-state index is -0.264. The lowest BCUT2D eigenvalue weighted by molar-refractivity contribution is 0.0923. The van der Waals surface area contributed by atoms with Crippen molar-refractivity contribution in [1.82, 2.24) is 5.32 Å². The van der Waals surface area contributed by atoms with Crippen LogP contribution < -0.4 is 5.32 Å². The third-order valence-corrected chi connectivity index (χ3v) is 2.70. The molecule has 0 aliphatic carbocycles. The van der Waals surface area contributed by atoms with Crippen LogP contribution in [0.1, 0.15) is 21.7 Å². The second kappa shape index (κ2) is 5.06. The standard InChI is InChI=1S/C13H12ClNO2/c1-9-4-2-3-5-10(9)8-15-13(16)11-6-7-12(14)17-11/h2-7H,8H2,1H3,(H,15,16). The Labute approximate surface area is 104 Å². The van der Waals surface area contributed by atoms with Gasteiger partial charge in [0.1, 0.15) is 0 Å². The largest absolute Gasteiger partial charge is 0.440 e. The van der Waals surface area contributed by atoms with E-state index in [9.17, 15) is 4.79 Å². The first-order valence-electron chi connectivity index (χ1n) is 5.25. The van der Waals surface area contributed by atoms with Crippen LogP contribution in [0.15, 0.2) is 40.8 Å². The van der Waals surface area contributed by atoms with E-state index >= 15 is 0 Å². The van der Waals surface area contributed by atoms with Gasteiger partial charge in [0.05, 0.1) is 0 Å². The molecule has 0 fully saturated rings. The molecule has 0 bridgehead atoms. The van der Waals surface area contributed by atoms with E-state index in [2.05, 4.69) is 5.32 Å². The van der Waals surface area contributed by atoms with Crippen LogP contribution in [0, 0.1) is 6.92 Å². The predicted molar refractivity (Wildman–Crippen MR) is 66.1 cm³/mol. The molecule has 1 aromatic heterocycles. The van der Waals surface area contributed by atoms with Crippen molar-refractivity contribution in [1.29, 1.82) is 0 Å². The lowest BCUT2D eigenvalue weighted by Crippen LogP contribution is -2.22. The van der Waals surface area contributed by atoms with E-state index < -0.39 is 0 Å². The highest BCUT2D eigenvalue weighted by Gasteiger charge is 2.10. The fraction of sp³-hybridized carbons (Fsp3) is 0.154. The Morgan fingerprint density at radius 3 is 2.71 bits per heavy atom. The molecule has 0 saturated heterocycles. The number of carbonyl (C=O) groups excluding carboxylic acids is 1. The van der Waals surface area contributed by atoms with E-state index in [-0.39, 0.29) is 16.9 Å². The number of hydrogen-bond donors (Lipinski definition) is 1. The molecular formula is C13H12ClNO2. The number of nitrogens with one attached hydrogen (secondary N) is 1. The third-order valence-electron chi connectivity index (χ3n) is 2.50. The molecule has 1 amide bonds. The quantitative estimate of drug-likeness (QED) is 0.908. The summed E-state index contributed by atoms with van der Waals surface area (Å²) in [5.41, 5.74) is 2.23. The van der Waals surface area contributed by atoms with Crippen LogP contribution in [0.5, 0.6) is 0 Å². The number of carbonyl (C=O) groups is 1. The van der Waals surface area contributed by atoms with Gasteiger partial charge in [-0.15, -0.1) is 0 Å². The van der Waals surface area contributed by atoms with E-state index in [1.54, 1.807) is 12.1 Å². The van der Waals surface area contributed by atoms with Gasteiger partial charge in [0, 0.05) is 6.54 Å². The third kappa shape index (κ3) is 2.88. The monoisotopic (exact) mass is 249 g/mol. The van der Waals surface area contributed by atoms with Crippen LogP contribution >= 0.6 is 11.6 Å². The van der Waals surface area contributed by atoms with Crippen molar-refractivity contribution in [2.75, 3.05) is 0 Å². The highest BCUT2D eigenvalue weighted by molar-refractivity contribution is 6.29. The molecule has 2 aromatic rings. The Morgan fingerprint density at radius 2 is 2.06 bits per heavy atom. The SMILES string of the molecule is Cc1ccccc1CNC(=O)c1ccc(Cl)o1. The highest BCUT2D eigenvalue weighted by atomic mass is 35.5. The van der Waals surface area contributed by atoms with Crippen LogP contribution in [0.3, 0.4) is 0 Å². The summed E-state index contributed by atoms with van der Waals surface area (Å²) >= 11 is 5.60. The first-order valence-corrected chi connectivity index (χ1v) is 5.62. The molecule has 1 N–H and O–H groups in total. The van der Waals surface area contributed by atoms with Gasteiger partial charge in [-0.05, 0) is 41.8 Å². The molecule has 0 unspecified atom stereocenters. The van der Waals surface area contributed by atoms with E-state index in [1.165, 1.54) is 0 Å². The molecule has 0 aliphatic rings. The molecule has 88 valence electrons. The Bertz CT molecular complexity index is 534. The van der Waals surface area contributed by atoms with Gasteiger partial charge >= 0.3 is 0 Å². The zero-order valence-electron chi connectivity index (χ0n) is 9.37. The first kappa shape index (κ1) is 11.7. The second-order valence-electron chi connectivity index (χ2n) is 3.71. The molecule has 0 atom stereocenters. The van der Waals surface area contributed by atoms with E-state index in [4.69, 9.17) is 16.0 Å². The van der Waals surface area contributed by atoms with Crippen molar-refractivity contribution in [3.63, 3.8) is 0 Å². The number of amides is 1. The summed E-state index contributed by atoms with van der Waals surface area (Å²) in [6, 6.07) is 11.0. The molecule has 1 heterocycles. The van der Waals surface area contributed by atoms with Crippen molar-refractivity contribution in [3.8, 4) is 0 Å². The van der Waals surface area contributed by atoms with Crippen LogP contribution in [-0.4, -0.2) is 5.91 Å². The number of benzene rings is 1. The van der Waals surface area contributed by atoms with E-state index in [0.29, 0.717) is 6.54 Å². The fourth-order valence-electron chi connectivity index (χ4n) is 1.51. The van der Waals surface area contributed by atoms with Gasteiger partial charge in [0.15, 0.2) is 11.0 Å². The lowest BCUT2D eigenvalue weighted by Gasteiger charge is -2.06. The smallest absolute Gasteiger partial charge is 0.287 e. The van der Waals surface area contributed by atoms with Crippen molar-refractivity contribution in [2.45, 2.75) is 13.5 Å². The van der Waals surface area contributed by atoms with Crippen LogP contribution in [0.2, 0.25) is 5.22 Å². The molecule has 17 heavy (non-hydrogen) atoms. The van der Waals surface area contributed by atoms with Crippen molar-refractivity contribution >= 4 is 17.5 Å². The summed E-state index contributed by atoms with van der Waals surface area (Å²) in [6.07, 6.45) is 0. The first-order chi connectivity index (χ1) is 8.16. The number of furan rings is 1. The summed E-state index contributed by atoms with van der Waals surface area (Å²) < 4.78 is 5.02. The highest BCUT2D eigenvalue weighted by Crippen LogP contribution is 2.13. The Morgan fingerprint density at radius 1 is 1.29 bits per heavy atom. The fourth-order valence-corrected chi connectivity index (χ4v) is 1.65. The maximum absolute atomic E-state index is 11.7. The summed E-state index contributed by atoms with van der Waals surface area (Å²) in [5.74, 6) is -0.0382. The normalized spacial score (nSPS) is 10.2. The number of hydrogen-bond acceptors (Lipinski definition) is 2. The van der Waals surface area contributed by atoms with Crippen LogP contribution in [-0.2, 0) is 6.54 Å². The van der Waals surface area contributed by atoms with E-state index in [0.717, 1.165) is 11.1 Å². The zero-order chi connectivity index (χ0) is 12.3. The summed E-state index contributed by atoms with van der Waals surface area (Å²) in [5, 5.41) is 2.99. The Kier molecular flexibility index (Phi) is 3.49. The van der Waals surface area contributed by atoms with Gasteiger partial charge in [0.25, 0.3) is 5.91 Å². The van der Waals surface area contributed by atoms with Gasteiger partial charge in [-0.1, -0.05) is 24.3 Å². The van der Waals surface area contributed by atoms with Gasteiger partial charge < -0.3 is 9.73 Å². The molecule has 2 rings (SSSR count). The number of rotatable bonds is 3. The zero-order valence-corrected chi connectivity index (χ0v) is 10.1. The van der Waals surface area contributed by atoms with Crippen molar-refractivity contribution in [2.24, 2.45) is 0 Å². The average Bonchev–Trinajstić information content (AvgIpc) is 2.74. The molecule has 0 radical (unpaired) electrons. The lowest BCUT2D eigenvalue weighted by atomic mass is 10.1. The topological polar surface area (TPSA) is 42.2 Å². The number of halogens is 1. The molecule has 0 aliphatic heterocycles. The molecule has 0 spiro atoms. The van der Waals surface area contributed by atoms with Crippen molar-refractivity contribution in [3.05, 3.63) is 58.5 Å². The predicted octanol–water partition coefficient (Wildman–Crippen LogP) is 3.17. The van der Waals surface area contributed by atoms with Gasteiger partial charge in [-0.2, -0.15) is 0 Å². The van der Waals surface area contributed by atoms with E-state index in [1.807, 2.05) is 31.2 Å². The van der Waals surface area contributed by atoms with Crippen molar-refractivity contribution < 1.29 is 9.21 Å². The minimum absolute atomic E-state index is 0.214. The number of aryl methyl sites for hydroxylation is 1. The summed E-state index contributed by atoms with van der Waals surface area (Å²) in [4.78, 5) is 11.7. The van der Waals surface area contributed by atoms with Crippen LogP contribution in [0.4, 0.5) is 0 Å². The summed E-state index contributed by atoms with van der Waals surface area (Å²) in [6.45, 7) is 2.48. The van der Waals surface area contributed by atoms with Gasteiger partial charge in [-0.3, -0.25) is 4.79 Å². The van der Waals surface area contributed by atoms with Crippen LogP contribution in [0.25, 0.3) is 0 Å². The average molecular weight is 250 g/mol. The molecule has 3 nitrogen and oxygen atoms in total. The molecular weight excluding hydrogens is 238 g/mol. The maximum Gasteiger partial charge on any atom is 0.287 e. The Balaban J connectivity index is 1.99. The molecule has 4 heteroatoms. The minimum Gasteiger partial charge on any atom is -0.440 e. The Hall–Kier alpha value is -1.74. The van der Waals surface area contributed by atoms with Gasteiger partial charge in [0.2, 0.25) is 0 Å².